The van der Waals surface area contributed by atoms with Gasteiger partial charge in [0.15, 0.2) is 9.84 Å². The number of rotatable bonds is 3. The van der Waals surface area contributed by atoms with Gasteiger partial charge in [-0.1, -0.05) is 24.3 Å². The standard InChI is InChI=1S/C15H13NO2S/c1-12-4-2-7-15(8-12)19(17,18)11-14-6-3-5-13(9-14)10-16/h2-9H,11H2,1H3. The van der Waals surface area contributed by atoms with Crippen LogP contribution in [-0.2, 0) is 15.6 Å². The summed E-state index contributed by atoms with van der Waals surface area (Å²) < 4.78 is 24.5. The Balaban J connectivity index is 2.34. The van der Waals surface area contributed by atoms with Gasteiger partial charge in [-0.05, 0) is 42.3 Å². The van der Waals surface area contributed by atoms with E-state index >= 15 is 0 Å². The highest BCUT2D eigenvalue weighted by Crippen LogP contribution is 2.18. The maximum Gasteiger partial charge on any atom is 0.182 e. The van der Waals surface area contributed by atoms with Crippen molar-refractivity contribution in [1.29, 1.82) is 5.26 Å². The lowest BCUT2D eigenvalue weighted by atomic mass is 10.2. The molecule has 0 aliphatic rings. The molecule has 0 atom stereocenters. The van der Waals surface area contributed by atoms with Crippen LogP contribution in [0, 0.1) is 18.3 Å². The highest BCUT2D eigenvalue weighted by atomic mass is 32.2. The average Bonchev–Trinajstić information content (AvgIpc) is 2.38. The van der Waals surface area contributed by atoms with Crippen LogP contribution < -0.4 is 0 Å². The van der Waals surface area contributed by atoms with Crippen LogP contribution in [0.25, 0.3) is 0 Å². The number of hydrogen-bond donors (Lipinski definition) is 0. The molecule has 0 aliphatic heterocycles. The van der Waals surface area contributed by atoms with Gasteiger partial charge >= 0.3 is 0 Å². The second kappa shape index (κ2) is 5.25. The van der Waals surface area contributed by atoms with Crippen LogP contribution >= 0.6 is 0 Å². The Hall–Kier alpha value is -2.12. The summed E-state index contributed by atoms with van der Waals surface area (Å²) in [6, 6.07) is 15.5. The molecule has 0 amide bonds. The first kappa shape index (κ1) is 13.3. The van der Waals surface area contributed by atoms with E-state index in [-0.39, 0.29) is 5.75 Å². The first-order valence-corrected chi connectivity index (χ1v) is 7.45. The van der Waals surface area contributed by atoms with Crippen molar-refractivity contribution < 1.29 is 8.42 Å². The van der Waals surface area contributed by atoms with Crippen molar-refractivity contribution in [3.05, 3.63) is 65.2 Å². The molecule has 0 saturated carbocycles. The molecule has 0 fully saturated rings. The first-order chi connectivity index (χ1) is 9.01. The number of hydrogen-bond acceptors (Lipinski definition) is 3. The monoisotopic (exact) mass is 271 g/mol. The Morgan fingerprint density at radius 3 is 2.53 bits per heavy atom. The molecule has 0 heterocycles. The molecule has 2 rings (SSSR count). The Morgan fingerprint density at radius 2 is 1.84 bits per heavy atom. The Kier molecular flexibility index (Phi) is 3.68. The minimum Gasteiger partial charge on any atom is -0.223 e. The predicted molar refractivity (Wildman–Crippen MR) is 73.2 cm³/mol. The SMILES string of the molecule is Cc1cccc(S(=O)(=O)Cc2cccc(C#N)c2)c1. The highest BCUT2D eigenvalue weighted by molar-refractivity contribution is 7.90. The van der Waals surface area contributed by atoms with Gasteiger partial charge in [-0.2, -0.15) is 5.26 Å². The van der Waals surface area contributed by atoms with Crippen molar-refractivity contribution in [2.75, 3.05) is 0 Å². The lowest BCUT2D eigenvalue weighted by Gasteiger charge is -2.06. The molecular weight excluding hydrogens is 258 g/mol. The summed E-state index contributed by atoms with van der Waals surface area (Å²) >= 11 is 0. The molecule has 96 valence electrons. The van der Waals surface area contributed by atoms with Crippen LogP contribution in [0.1, 0.15) is 16.7 Å². The fraction of sp³-hybridized carbons (Fsp3) is 0.133. The van der Waals surface area contributed by atoms with Gasteiger partial charge < -0.3 is 0 Å². The molecule has 0 spiro atoms. The Bertz CT molecular complexity index is 743. The molecule has 0 aliphatic carbocycles. The molecule has 2 aromatic carbocycles. The fourth-order valence-corrected chi connectivity index (χ4v) is 3.28. The zero-order valence-electron chi connectivity index (χ0n) is 10.5. The second-order valence-electron chi connectivity index (χ2n) is 4.39. The molecule has 2 aromatic rings. The number of sulfone groups is 1. The van der Waals surface area contributed by atoms with Gasteiger partial charge in [0.25, 0.3) is 0 Å². The Morgan fingerprint density at radius 1 is 1.11 bits per heavy atom. The summed E-state index contributed by atoms with van der Waals surface area (Å²) in [5.74, 6) is -0.0913. The van der Waals surface area contributed by atoms with Crippen molar-refractivity contribution in [3.8, 4) is 6.07 Å². The molecule has 0 N–H and O–H groups in total. The van der Waals surface area contributed by atoms with E-state index in [1.165, 1.54) is 0 Å². The van der Waals surface area contributed by atoms with Crippen molar-refractivity contribution in [1.82, 2.24) is 0 Å². The topological polar surface area (TPSA) is 57.9 Å². The van der Waals surface area contributed by atoms with E-state index in [1.807, 2.05) is 19.1 Å². The molecule has 0 unspecified atom stereocenters. The van der Waals surface area contributed by atoms with Crippen molar-refractivity contribution >= 4 is 9.84 Å². The molecule has 3 nitrogen and oxygen atoms in total. The van der Waals surface area contributed by atoms with Gasteiger partial charge in [-0.15, -0.1) is 0 Å². The molecule has 19 heavy (non-hydrogen) atoms. The maximum absolute atomic E-state index is 12.3. The average molecular weight is 271 g/mol. The number of aryl methyl sites for hydroxylation is 1. The number of nitrogens with zero attached hydrogens (tertiary/aromatic N) is 1. The van der Waals surface area contributed by atoms with Gasteiger partial charge in [-0.3, -0.25) is 0 Å². The largest absolute Gasteiger partial charge is 0.223 e. The van der Waals surface area contributed by atoms with Crippen molar-refractivity contribution in [3.63, 3.8) is 0 Å². The Labute approximate surface area is 113 Å². The van der Waals surface area contributed by atoms with Crippen LogP contribution in [0.2, 0.25) is 0 Å². The minimum absolute atomic E-state index is 0.0913. The van der Waals surface area contributed by atoms with E-state index in [1.54, 1.807) is 42.5 Å². The third kappa shape index (κ3) is 3.21. The van der Waals surface area contributed by atoms with Crippen LogP contribution in [0.15, 0.2) is 53.4 Å². The van der Waals surface area contributed by atoms with Crippen LogP contribution in [0.3, 0.4) is 0 Å². The molecule has 0 saturated heterocycles. The van der Waals surface area contributed by atoms with E-state index in [4.69, 9.17) is 5.26 Å². The summed E-state index contributed by atoms with van der Waals surface area (Å²) in [5, 5.41) is 8.81. The van der Waals surface area contributed by atoms with E-state index in [9.17, 15) is 8.42 Å². The lowest BCUT2D eigenvalue weighted by Crippen LogP contribution is -2.05. The summed E-state index contributed by atoms with van der Waals surface area (Å²) in [5.41, 5.74) is 2.00. The van der Waals surface area contributed by atoms with Gasteiger partial charge in [0.05, 0.1) is 22.3 Å². The van der Waals surface area contributed by atoms with Crippen molar-refractivity contribution in [2.24, 2.45) is 0 Å². The second-order valence-corrected chi connectivity index (χ2v) is 6.38. The van der Waals surface area contributed by atoms with E-state index in [0.29, 0.717) is 16.0 Å². The van der Waals surface area contributed by atoms with Crippen LogP contribution in [0.5, 0.6) is 0 Å². The zero-order valence-corrected chi connectivity index (χ0v) is 11.3. The van der Waals surface area contributed by atoms with Gasteiger partial charge in [-0.25, -0.2) is 8.42 Å². The lowest BCUT2D eigenvalue weighted by molar-refractivity contribution is 0.595. The molecule has 0 radical (unpaired) electrons. The summed E-state index contributed by atoms with van der Waals surface area (Å²) in [7, 11) is -3.37. The summed E-state index contributed by atoms with van der Waals surface area (Å²) in [6.45, 7) is 1.86. The van der Waals surface area contributed by atoms with E-state index in [2.05, 4.69) is 0 Å². The molecular formula is C15H13NO2S. The zero-order chi connectivity index (χ0) is 13.9. The maximum atomic E-state index is 12.3. The smallest absolute Gasteiger partial charge is 0.182 e. The third-order valence-electron chi connectivity index (χ3n) is 2.76. The minimum atomic E-state index is -3.37. The van der Waals surface area contributed by atoms with Crippen LogP contribution in [-0.4, -0.2) is 8.42 Å². The van der Waals surface area contributed by atoms with Gasteiger partial charge in [0, 0.05) is 0 Å². The normalized spacial score (nSPS) is 10.9. The molecule has 4 heteroatoms. The highest BCUT2D eigenvalue weighted by Gasteiger charge is 2.15. The van der Waals surface area contributed by atoms with E-state index < -0.39 is 9.84 Å². The predicted octanol–water partition coefficient (Wildman–Crippen LogP) is 2.84. The summed E-state index contributed by atoms with van der Waals surface area (Å²) in [6.07, 6.45) is 0. The number of nitriles is 1. The fourth-order valence-electron chi connectivity index (χ4n) is 1.84. The summed E-state index contributed by atoms with van der Waals surface area (Å²) in [4.78, 5) is 0.315. The molecule has 0 aromatic heterocycles. The quantitative estimate of drug-likeness (QED) is 0.862. The van der Waals surface area contributed by atoms with Crippen molar-refractivity contribution in [2.45, 2.75) is 17.6 Å². The van der Waals surface area contributed by atoms with Crippen LogP contribution in [0.4, 0.5) is 0 Å². The van der Waals surface area contributed by atoms with Gasteiger partial charge in [0.1, 0.15) is 0 Å². The third-order valence-corrected chi connectivity index (χ3v) is 4.45. The van der Waals surface area contributed by atoms with E-state index in [0.717, 1.165) is 5.56 Å². The van der Waals surface area contributed by atoms with Gasteiger partial charge in [0.2, 0.25) is 0 Å². The number of benzene rings is 2. The molecule has 0 bridgehead atoms. The first-order valence-electron chi connectivity index (χ1n) is 5.80.